The van der Waals surface area contributed by atoms with Gasteiger partial charge in [-0.25, -0.2) is 4.79 Å². The normalized spacial score (nSPS) is 9.56. The highest BCUT2D eigenvalue weighted by Gasteiger charge is 1.96. The zero-order chi connectivity index (χ0) is 23.2. The largest absolute Gasteiger partial charge is 0.503 e. The van der Waals surface area contributed by atoms with E-state index in [0.29, 0.717) is 0 Å². The molecule has 0 aliphatic heterocycles. The molecule has 0 fully saturated rings. The van der Waals surface area contributed by atoms with Crippen molar-refractivity contribution < 1.29 is 15.0 Å². The fourth-order valence-electron chi connectivity index (χ4n) is 2.83. The summed E-state index contributed by atoms with van der Waals surface area (Å²) in [6, 6.07) is 38.2. The molecule has 4 aromatic carbocycles. The summed E-state index contributed by atoms with van der Waals surface area (Å²) in [5.41, 5.74) is 5.12. The first-order valence-corrected chi connectivity index (χ1v) is 12.3. The summed E-state index contributed by atoms with van der Waals surface area (Å²) in [6.07, 6.45) is 2.36. The van der Waals surface area contributed by atoms with Crippen molar-refractivity contribution in [1.82, 2.24) is 0 Å². The van der Waals surface area contributed by atoms with E-state index in [-0.39, 0.29) is 0 Å². The zero-order valence-corrected chi connectivity index (χ0v) is 19.6. The molecule has 3 nitrogen and oxygen atoms in total. The Balaban J connectivity index is 0.000000195. The van der Waals surface area contributed by atoms with Crippen molar-refractivity contribution in [3.8, 4) is 22.3 Å². The number of carbonyl (C=O) groups is 1. The quantitative estimate of drug-likeness (QED) is 0.298. The topological polar surface area (TPSA) is 57.5 Å². The fourth-order valence-corrected chi connectivity index (χ4v) is 3.64. The van der Waals surface area contributed by atoms with Crippen LogP contribution in [0.5, 0.6) is 0 Å². The Morgan fingerprint density at radius 2 is 0.750 bits per heavy atom. The summed E-state index contributed by atoms with van der Waals surface area (Å²) >= 11 is 3.55. The molecule has 0 atom stereocenters. The van der Waals surface area contributed by atoms with Crippen LogP contribution in [-0.2, 0) is 0 Å². The molecule has 0 saturated heterocycles. The molecule has 0 saturated carbocycles. The van der Waals surface area contributed by atoms with Crippen molar-refractivity contribution >= 4 is 29.7 Å². The van der Waals surface area contributed by atoms with Gasteiger partial charge in [-0.3, -0.25) is 0 Å². The van der Waals surface area contributed by atoms with Crippen LogP contribution in [0, 0.1) is 0 Å². The maximum Gasteiger partial charge on any atom is 0.503 e. The van der Waals surface area contributed by atoms with Crippen LogP contribution >= 0.6 is 23.5 Å². The SMILES string of the molecule is CSc1ccc(-c2ccccc2)cc1.CSc1ccc(-c2ccccc2)cc1.O=C(O)O. The van der Waals surface area contributed by atoms with Crippen molar-refractivity contribution in [2.45, 2.75) is 9.79 Å². The summed E-state index contributed by atoms with van der Waals surface area (Å²) in [5.74, 6) is 0. The lowest BCUT2D eigenvalue weighted by atomic mass is 10.1. The third-order valence-corrected chi connectivity index (χ3v) is 5.88. The third kappa shape index (κ3) is 8.92. The van der Waals surface area contributed by atoms with Crippen molar-refractivity contribution in [1.29, 1.82) is 0 Å². The van der Waals surface area contributed by atoms with E-state index in [4.69, 9.17) is 15.0 Å². The number of carboxylic acid groups (broad SMARTS) is 2. The molecule has 0 aliphatic carbocycles. The van der Waals surface area contributed by atoms with E-state index >= 15 is 0 Å². The highest BCUT2D eigenvalue weighted by atomic mass is 32.2. The fraction of sp³-hybridized carbons (Fsp3) is 0.0741. The molecule has 4 rings (SSSR count). The van der Waals surface area contributed by atoms with Gasteiger partial charge in [0.1, 0.15) is 0 Å². The standard InChI is InChI=1S/2C13H12S.CH2O3/c2*1-14-13-9-7-12(8-10-13)11-5-3-2-4-6-11;2-1(3)4/h2*2-10H,1H3;(H2,2,3,4). The molecule has 0 spiro atoms. The van der Waals surface area contributed by atoms with Crippen LogP contribution in [0.4, 0.5) is 4.79 Å². The number of thioether (sulfide) groups is 2. The molecule has 0 unspecified atom stereocenters. The predicted molar refractivity (Wildman–Crippen MR) is 138 cm³/mol. The highest BCUT2D eigenvalue weighted by molar-refractivity contribution is 7.98. The minimum atomic E-state index is -1.83. The summed E-state index contributed by atoms with van der Waals surface area (Å²) in [6.45, 7) is 0. The van der Waals surface area contributed by atoms with Gasteiger partial charge in [-0.2, -0.15) is 0 Å². The molecule has 5 heteroatoms. The Kier molecular flexibility index (Phi) is 11.0. The van der Waals surface area contributed by atoms with Crippen molar-refractivity contribution in [3.63, 3.8) is 0 Å². The first-order chi connectivity index (χ1) is 15.5. The van der Waals surface area contributed by atoms with Crippen molar-refractivity contribution in [2.24, 2.45) is 0 Å². The molecule has 0 heterocycles. The summed E-state index contributed by atoms with van der Waals surface area (Å²) in [4.78, 5) is 11.2. The van der Waals surface area contributed by atoms with Gasteiger partial charge < -0.3 is 10.2 Å². The van der Waals surface area contributed by atoms with Crippen molar-refractivity contribution in [3.05, 3.63) is 109 Å². The van der Waals surface area contributed by atoms with E-state index in [2.05, 4.69) is 110 Å². The Labute approximate surface area is 198 Å². The number of rotatable bonds is 4. The molecular weight excluding hydrogens is 436 g/mol. The summed E-state index contributed by atoms with van der Waals surface area (Å²) in [5, 5.41) is 13.9. The molecule has 164 valence electrons. The van der Waals surface area contributed by atoms with Crippen LogP contribution in [0.3, 0.4) is 0 Å². The number of hydrogen-bond donors (Lipinski definition) is 2. The van der Waals surface area contributed by atoms with Gasteiger partial charge in [0.15, 0.2) is 0 Å². The number of hydrogen-bond acceptors (Lipinski definition) is 3. The van der Waals surface area contributed by atoms with E-state index in [1.807, 2.05) is 12.1 Å². The van der Waals surface area contributed by atoms with Crippen molar-refractivity contribution in [2.75, 3.05) is 12.5 Å². The van der Waals surface area contributed by atoms with E-state index < -0.39 is 6.16 Å². The van der Waals surface area contributed by atoms with Crippen LogP contribution in [0.15, 0.2) is 119 Å². The monoisotopic (exact) mass is 462 g/mol. The Morgan fingerprint density at radius 1 is 0.500 bits per heavy atom. The highest BCUT2D eigenvalue weighted by Crippen LogP contribution is 2.23. The minimum Gasteiger partial charge on any atom is -0.450 e. The van der Waals surface area contributed by atoms with E-state index in [1.165, 1.54) is 32.0 Å². The number of benzene rings is 4. The molecule has 0 amide bonds. The molecule has 0 bridgehead atoms. The maximum atomic E-state index is 8.56. The van der Waals surface area contributed by atoms with E-state index in [0.717, 1.165) is 0 Å². The first kappa shape index (κ1) is 25.1. The lowest BCUT2D eigenvalue weighted by Gasteiger charge is -2.01. The molecule has 4 aromatic rings. The molecule has 2 N–H and O–H groups in total. The second-order valence-corrected chi connectivity index (χ2v) is 8.23. The maximum absolute atomic E-state index is 8.56. The Morgan fingerprint density at radius 3 is 1.00 bits per heavy atom. The zero-order valence-electron chi connectivity index (χ0n) is 18.0. The predicted octanol–water partition coefficient (Wildman–Crippen LogP) is 8.37. The van der Waals surface area contributed by atoms with E-state index in [1.54, 1.807) is 23.5 Å². The van der Waals surface area contributed by atoms with Gasteiger partial charge in [0.05, 0.1) is 0 Å². The van der Waals surface area contributed by atoms with Gasteiger partial charge in [-0.15, -0.1) is 23.5 Å². The molecular formula is C27H26O3S2. The van der Waals surface area contributed by atoms with Crippen LogP contribution in [-0.4, -0.2) is 28.9 Å². The van der Waals surface area contributed by atoms with Gasteiger partial charge in [0.25, 0.3) is 0 Å². The van der Waals surface area contributed by atoms with Gasteiger partial charge in [-0.1, -0.05) is 84.9 Å². The van der Waals surface area contributed by atoms with Crippen LogP contribution in [0.2, 0.25) is 0 Å². The van der Waals surface area contributed by atoms with Crippen LogP contribution < -0.4 is 0 Å². The van der Waals surface area contributed by atoms with Crippen LogP contribution in [0.25, 0.3) is 22.3 Å². The molecule has 32 heavy (non-hydrogen) atoms. The third-order valence-electron chi connectivity index (χ3n) is 4.39. The van der Waals surface area contributed by atoms with Gasteiger partial charge >= 0.3 is 6.16 Å². The van der Waals surface area contributed by atoms with E-state index in [9.17, 15) is 0 Å². The van der Waals surface area contributed by atoms with Gasteiger partial charge in [0.2, 0.25) is 0 Å². The summed E-state index contributed by atoms with van der Waals surface area (Å²) in [7, 11) is 0. The van der Waals surface area contributed by atoms with Gasteiger partial charge in [0, 0.05) is 9.79 Å². The lowest BCUT2D eigenvalue weighted by molar-refractivity contribution is 0.137. The average molecular weight is 463 g/mol. The Hall–Kier alpha value is -3.15. The molecule has 0 aliphatic rings. The average Bonchev–Trinajstić information content (AvgIpc) is 2.85. The van der Waals surface area contributed by atoms with Gasteiger partial charge in [-0.05, 0) is 59.0 Å². The van der Waals surface area contributed by atoms with Crippen LogP contribution in [0.1, 0.15) is 0 Å². The molecule has 0 radical (unpaired) electrons. The first-order valence-electron chi connectivity index (χ1n) is 9.84. The summed E-state index contributed by atoms with van der Waals surface area (Å²) < 4.78 is 0. The Bertz CT molecular complexity index is 963. The second kappa shape index (κ2) is 14.0. The lowest BCUT2D eigenvalue weighted by Crippen LogP contribution is -1.81. The smallest absolute Gasteiger partial charge is 0.450 e. The molecule has 0 aromatic heterocycles. The minimum absolute atomic E-state index is 1.28. The second-order valence-electron chi connectivity index (χ2n) is 6.47.